The molecule has 0 rings (SSSR count). The molecule has 2 heteroatoms. The quantitative estimate of drug-likeness (QED) is 0.424. The van der Waals surface area contributed by atoms with Crippen LogP contribution in [0, 0.1) is 5.41 Å². The van der Waals surface area contributed by atoms with Crippen molar-refractivity contribution in [2.24, 2.45) is 5.73 Å². The van der Waals surface area contributed by atoms with E-state index in [1.165, 1.54) is 6.21 Å². The third-order valence-corrected chi connectivity index (χ3v) is 0.837. The molecule has 9 heavy (non-hydrogen) atoms. The van der Waals surface area contributed by atoms with E-state index in [2.05, 4.69) is 0 Å². The molecule has 2 nitrogen and oxygen atoms in total. The highest BCUT2D eigenvalue weighted by molar-refractivity contribution is 5.75. The first-order valence-corrected chi connectivity index (χ1v) is 2.78. The van der Waals surface area contributed by atoms with E-state index in [-0.39, 0.29) is 0 Å². The summed E-state index contributed by atoms with van der Waals surface area (Å²) in [7, 11) is 0. The molecule has 0 bridgehead atoms. The summed E-state index contributed by atoms with van der Waals surface area (Å²) < 4.78 is 0. The van der Waals surface area contributed by atoms with E-state index < -0.39 is 0 Å². The highest BCUT2D eigenvalue weighted by atomic mass is 14.5. The second kappa shape index (κ2) is 3.89. The van der Waals surface area contributed by atoms with Gasteiger partial charge in [-0.3, -0.25) is 0 Å². The number of hydrogen-bond donors (Lipinski definition) is 2. The van der Waals surface area contributed by atoms with Gasteiger partial charge in [-0.2, -0.15) is 0 Å². The predicted molar refractivity (Wildman–Crippen MR) is 40.5 cm³/mol. The zero-order valence-electron chi connectivity index (χ0n) is 5.81. The van der Waals surface area contributed by atoms with Gasteiger partial charge in [0.25, 0.3) is 0 Å². The second-order valence-electron chi connectivity index (χ2n) is 1.97. The van der Waals surface area contributed by atoms with Crippen molar-refractivity contribution in [2.75, 3.05) is 0 Å². The lowest BCUT2D eigenvalue weighted by Crippen LogP contribution is -1.88. The molecule has 0 aliphatic heterocycles. The lowest BCUT2D eigenvalue weighted by atomic mass is 10.3. The Morgan fingerprint density at radius 1 is 1.33 bits per heavy atom. The molecular formula is C7H12N2. The molecule has 0 fully saturated rings. The van der Waals surface area contributed by atoms with Gasteiger partial charge in [-0.25, -0.2) is 0 Å². The van der Waals surface area contributed by atoms with Crippen molar-refractivity contribution in [2.45, 2.75) is 13.8 Å². The van der Waals surface area contributed by atoms with Gasteiger partial charge in [-0.05, 0) is 25.5 Å². The summed E-state index contributed by atoms with van der Waals surface area (Å²) in [6.07, 6.45) is 4.88. The summed E-state index contributed by atoms with van der Waals surface area (Å²) in [5.74, 6) is 0. The van der Waals surface area contributed by atoms with Crippen molar-refractivity contribution >= 4 is 6.21 Å². The maximum atomic E-state index is 6.79. The molecule has 0 aliphatic carbocycles. The van der Waals surface area contributed by atoms with Crippen LogP contribution < -0.4 is 5.73 Å². The first kappa shape index (κ1) is 7.95. The van der Waals surface area contributed by atoms with Crippen LogP contribution in [-0.4, -0.2) is 6.21 Å². The summed E-state index contributed by atoms with van der Waals surface area (Å²) in [6, 6.07) is 0. The van der Waals surface area contributed by atoms with Gasteiger partial charge in [-0.15, -0.1) is 0 Å². The lowest BCUT2D eigenvalue weighted by Gasteiger charge is -1.85. The molecule has 0 saturated carbocycles. The van der Waals surface area contributed by atoms with Crippen molar-refractivity contribution in [3.05, 3.63) is 23.4 Å². The minimum atomic E-state index is 0.760. The van der Waals surface area contributed by atoms with Crippen molar-refractivity contribution in [1.82, 2.24) is 0 Å². The third kappa shape index (κ3) is 4.81. The normalized spacial score (nSPS) is 13.6. The van der Waals surface area contributed by atoms with Crippen molar-refractivity contribution in [3.63, 3.8) is 0 Å². The Bertz CT molecular complexity index is 150. The molecule has 0 aromatic carbocycles. The van der Waals surface area contributed by atoms with E-state index in [1.54, 1.807) is 6.08 Å². The summed E-state index contributed by atoms with van der Waals surface area (Å²) in [6.45, 7) is 3.67. The topological polar surface area (TPSA) is 49.9 Å². The molecule has 0 unspecified atom stereocenters. The molecule has 0 aliphatic rings. The second-order valence-corrected chi connectivity index (χ2v) is 1.97. The summed E-state index contributed by atoms with van der Waals surface area (Å²) in [5, 5.41) is 6.79. The fourth-order valence-corrected chi connectivity index (χ4v) is 0.311. The van der Waals surface area contributed by atoms with Gasteiger partial charge >= 0.3 is 0 Å². The largest absolute Gasteiger partial charge is 0.402 e. The van der Waals surface area contributed by atoms with Gasteiger partial charge in [-0.1, -0.05) is 6.08 Å². The van der Waals surface area contributed by atoms with Gasteiger partial charge in [0.1, 0.15) is 0 Å². The highest BCUT2D eigenvalue weighted by Gasteiger charge is 1.76. The fraction of sp³-hybridized carbons (Fsp3) is 0.286. The standard InChI is InChI=1S/C7H12N2/c1-6(5-8)3-4-7(2)9/h3-5,8H,9H2,1-2H3/b6-3-,7-4+,8-5?. The van der Waals surface area contributed by atoms with Gasteiger partial charge in [0, 0.05) is 11.9 Å². The first-order valence-electron chi connectivity index (χ1n) is 2.78. The fourth-order valence-electron chi connectivity index (χ4n) is 0.311. The van der Waals surface area contributed by atoms with Gasteiger partial charge < -0.3 is 11.1 Å². The van der Waals surface area contributed by atoms with Crippen LogP contribution in [0.2, 0.25) is 0 Å². The Hall–Kier alpha value is -1.05. The Kier molecular flexibility index (Phi) is 3.44. The van der Waals surface area contributed by atoms with Crippen LogP contribution >= 0.6 is 0 Å². The molecule has 3 N–H and O–H groups in total. The van der Waals surface area contributed by atoms with Crippen LogP contribution in [-0.2, 0) is 0 Å². The first-order chi connectivity index (χ1) is 4.16. The molecule has 0 atom stereocenters. The van der Waals surface area contributed by atoms with E-state index in [1.807, 2.05) is 19.9 Å². The van der Waals surface area contributed by atoms with Crippen LogP contribution in [0.1, 0.15) is 13.8 Å². The average Bonchev–Trinajstić information content (AvgIpc) is 1.83. The van der Waals surface area contributed by atoms with Crippen molar-refractivity contribution < 1.29 is 0 Å². The van der Waals surface area contributed by atoms with Crippen LogP contribution in [0.5, 0.6) is 0 Å². The molecule has 50 valence electrons. The SMILES string of the molecule is C/C(C=N)=C/C=C(\C)N. The Morgan fingerprint density at radius 3 is 2.22 bits per heavy atom. The van der Waals surface area contributed by atoms with Crippen molar-refractivity contribution in [3.8, 4) is 0 Å². The monoisotopic (exact) mass is 124 g/mol. The zero-order chi connectivity index (χ0) is 7.28. The molecule has 0 aromatic rings. The summed E-state index contributed by atoms with van der Waals surface area (Å²) in [4.78, 5) is 0. The Morgan fingerprint density at radius 2 is 1.89 bits per heavy atom. The van der Waals surface area contributed by atoms with Gasteiger partial charge in [0.05, 0.1) is 0 Å². The van der Waals surface area contributed by atoms with Crippen LogP contribution in [0.3, 0.4) is 0 Å². The van der Waals surface area contributed by atoms with Gasteiger partial charge in [0.2, 0.25) is 0 Å². The maximum Gasteiger partial charge on any atom is 0.0207 e. The average molecular weight is 124 g/mol. The molecule has 0 radical (unpaired) electrons. The predicted octanol–water partition coefficient (Wildman–Crippen LogP) is 1.44. The molecule has 0 aromatic heterocycles. The third-order valence-electron chi connectivity index (χ3n) is 0.837. The van der Waals surface area contributed by atoms with E-state index in [4.69, 9.17) is 11.1 Å². The Labute approximate surface area is 55.6 Å². The minimum absolute atomic E-state index is 0.760. The number of allylic oxidation sites excluding steroid dienone is 4. The molecule has 0 amide bonds. The van der Waals surface area contributed by atoms with E-state index in [9.17, 15) is 0 Å². The number of hydrogen-bond acceptors (Lipinski definition) is 2. The maximum absolute atomic E-state index is 6.79. The molecule has 0 heterocycles. The Balaban J connectivity index is 3.98. The van der Waals surface area contributed by atoms with Crippen LogP contribution in [0.4, 0.5) is 0 Å². The van der Waals surface area contributed by atoms with Gasteiger partial charge in [0.15, 0.2) is 0 Å². The zero-order valence-corrected chi connectivity index (χ0v) is 5.81. The number of nitrogens with two attached hydrogens (primary N) is 1. The number of rotatable bonds is 2. The van der Waals surface area contributed by atoms with E-state index in [0.717, 1.165) is 11.3 Å². The minimum Gasteiger partial charge on any atom is -0.402 e. The summed E-state index contributed by atoms with van der Waals surface area (Å²) in [5.41, 5.74) is 7.00. The molecular weight excluding hydrogens is 112 g/mol. The molecule has 0 spiro atoms. The molecule has 0 saturated heterocycles. The van der Waals surface area contributed by atoms with Crippen LogP contribution in [0.15, 0.2) is 23.4 Å². The highest BCUT2D eigenvalue weighted by Crippen LogP contribution is 1.88. The van der Waals surface area contributed by atoms with E-state index in [0.29, 0.717) is 0 Å². The number of nitrogens with one attached hydrogen (secondary N) is 1. The lowest BCUT2D eigenvalue weighted by molar-refractivity contribution is 1.31. The van der Waals surface area contributed by atoms with Crippen LogP contribution in [0.25, 0.3) is 0 Å². The summed E-state index contributed by atoms with van der Waals surface area (Å²) >= 11 is 0. The smallest absolute Gasteiger partial charge is 0.0207 e. The van der Waals surface area contributed by atoms with Crippen molar-refractivity contribution in [1.29, 1.82) is 5.41 Å². The van der Waals surface area contributed by atoms with E-state index >= 15 is 0 Å².